The Bertz CT molecular complexity index is 1430. The number of alkyl halides is 3. The lowest BCUT2D eigenvalue weighted by molar-refractivity contribution is -0.146. The summed E-state index contributed by atoms with van der Waals surface area (Å²) < 4.78 is 53.3. The average Bonchev–Trinajstić information content (AvgIpc) is 2.87. The van der Waals surface area contributed by atoms with Crippen LogP contribution < -0.4 is 9.47 Å². The number of carbonyl (C=O) groups excluding carboxylic acids is 1. The van der Waals surface area contributed by atoms with Gasteiger partial charge in [0, 0.05) is 5.02 Å². The van der Waals surface area contributed by atoms with Crippen LogP contribution in [-0.2, 0) is 20.5 Å². The molecule has 0 aliphatic heterocycles. The third kappa shape index (κ3) is 10.0. The Morgan fingerprint density at radius 3 is 1.95 bits per heavy atom. The number of hydrogen-bond donors (Lipinski definition) is 2. The van der Waals surface area contributed by atoms with E-state index in [0.717, 1.165) is 30.7 Å². The number of carbonyl (C=O) groups is 3. The zero-order valence-corrected chi connectivity index (χ0v) is 23.7. The fourth-order valence-corrected chi connectivity index (χ4v) is 3.51. The van der Waals surface area contributed by atoms with Gasteiger partial charge in [-0.15, -0.1) is 0 Å². The van der Waals surface area contributed by atoms with Crippen molar-refractivity contribution in [2.75, 3.05) is 0 Å². The number of benzene rings is 3. The Morgan fingerprint density at radius 2 is 1.41 bits per heavy atom. The van der Waals surface area contributed by atoms with Crippen LogP contribution in [0, 0.1) is 6.92 Å². The van der Waals surface area contributed by atoms with Crippen molar-refractivity contribution in [2.45, 2.75) is 39.2 Å². The van der Waals surface area contributed by atoms with Gasteiger partial charge in [-0.2, -0.15) is 13.2 Å². The summed E-state index contributed by atoms with van der Waals surface area (Å²) >= 11 is 17.5. The first-order chi connectivity index (χ1) is 19.0. The molecule has 0 aromatic heterocycles. The molecule has 41 heavy (non-hydrogen) atoms. The van der Waals surface area contributed by atoms with E-state index in [9.17, 15) is 27.6 Å². The number of ether oxygens (including phenoxy) is 3. The molecular weight excluding hydrogens is 616 g/mol. The quantitative estimate of drug-likeness (QED) is 0.239. The molecule has 0 radical (unpaired) electrons. The summed E-state index contributed by atoms with van der Waals surface area (Å²) in [7, 11) is 0. The first-order valence-electron chi connectivity index (χ1n) is 11.4. The lowest BCUT2D eigenvalue weighted by Crippen LogP contribution is -2.23. The Kier molecular flexibility index (Phi) is 11.7. The standard InChI is InChI=1S/C17H11Cl2F3O5.C10H11ClO3/c1-8(15(23)24)26-16(25)11-7-10(3-4-12(11)18)27-14-5-2-9(6-13(14)19)17(20,21)22;1-6-5-8(11)3-4-9(6)14-7(2)10(12)13/h2-8H,1H3,(H,23,24);3-5,7H,1-2H3,(H,12,13)/t8-;/m0./s1. The van der Waals surface area contributed by atoms with E-state index in [1.54, 1.807) is 18.2 Å². The Hall–Kier alpha value is -3.67. The van der Waals surface area contributed by atoms with Crippen molar-refractivity contribution in [1.82, 2.24) is 0 Å². The van der Waals surface area contributed by atoms with E-state index in [1.807, 2.05) is 6.92 Å². The second-order valence-corrected chi connectivity index (χ2v) is 9.53. The van der Waals surface area contributed by atoms with Crippen LogP contribution in [0.15, 0.2) is 54.6 Å². The summed E-state index contributed by atoms with van der Waals surface area (Å²) in [5.41, 5.74) is -0.293. The number of carboxylic acids is 2. The molecular formula is C27H22Cl3F3O8. The molecule has 0 saturated carbocycles. The average molecular weight is 638 g/mol. The van der Waals surface area contributed by atoms with Crippen LogP contribution in [-0.4, -0.2) is 40.3 Å². The highest BCUT2D eigenvalue weighted by molar-refractivity contribution is 6.33. The Labute approximate surface area is 247 Å². The number of aryl methyl sites for hydroxylation is 1. The van der Waals surface area contributed by atoms with Gasteiger partial charge in [-0.1, -0.05) is 34.8 Å². The van der Waals surface area contributed by atoms with Crippen molar-refractivity contribution < 1.29 is 52.0 Å². The zero-order chi connectivity index (χ0) is 31.1. The predicted molar refractivity (Wildman–Crippen MR) is 144 cm³/mol. The molecule has 0 fully saturated rings. The van der Waals surface area contributed by atoms with Crippen LogP contribution >= 0.6 is 34.8 Å². The van der Waals surface area contributed by atoms with Crippen molar-refractivity contribution >= 4 is 52.7 Å². The number of carboxylic acid groups (broad SMARTS) is 2. The molecule has 0 spiro atoms. The number of halogens is 6. The van der Waals surface area contributed by atoms with E-state index in [4.69, 9.17) is 59.2 Å². The molecule has 0 aliphatic rings. The van der Waals surface area contributed by atoms with Gasteiger partial charge in [-0.25, -0.2) is 14.4 Å². The molecule has 2 atom stereocenters. The van der Waals surface area contributed by atoms with Gasteiger partial charge in [0.1, 0.15) is 17.2 Å². The highest BCUT2D eigenvalue weighted by atomic mass is 35.5. The maximum atomic E-state index is 12.7. The fourth-order valence-electron chi connectivity index (χ4n) is 2.87. The summed E-state index contributed by atoms with van der Waals surface area (Å²) in [6.07, 6.45) is -6.81. The molecule has 220 valence electrons. The van der Waals surface area contributed by atoms with E-state index < -0.39 is 41.9 Å². The largest absolute Gasteiger partial charge is 0.479 e. The maximum Gasteiger partial charge on any atom is 0.416 e. The predicted octanol–water partition coefficient (Wildman–Crippen LogP) is 7.93. The van der Waals surface area contributed by atoms with Crippen molar-refractivity contribution in [3.8, 4) is 17.2 Å². The molecule has 8 nitrogen and oxygen atoms in total. The maximum absolute atomic E-state index is 12.7. The van der Waals surface area contributed by atoms with Gasteiger partial charge in [-0.05, 0) is 80.9 Å². The van der Waals surface area contributed by atoms with Gasteiger partial charge in [0.15, 0.2) is 12.2 Å². The number of aliphatic carboxylic acids is 2. The monoisotopic (exact) mass is 636 g/mol. The molecule has 3 aromatic carbocycles. The summed E-state index contributed by atoms with van der Waals surface area (Å²) in [6, 6.07) is 11.4. The van der Waals surface area contributed by atoms with E-state index in [0.29, 0.717) is 16.8 Å². The molecule has 3 rings (SSSR count). The summed E-state index contributed by atoms with van der Waals surface area (Å²) in [4.78, 5) is 33.3. The summed E-state index contributed by atoms with van der Waals surface area (Å²) in [5, 5.41) is 17.7. The SMILES string of the molecule is C[C@H](OC(=O)c1cc(Oc2ccc(C(F)(F)F)cc2Cl)ccc1Cl)C(=O)O.Cc1cc(Cl)ccc1OC(C)C(=O)O. The zero-order valence-electron chi connectivity index (χ0n) is 21.5. The molecule has 14 heteroatoms. The Morgan fingerprint density at radius 1 is 0.805 bits per heavy atom. The third-order valence-corrected chi connectivity index (χ3v) is 5.92. The van der Waals surface area contributed by atoms with Gasteiger partial charge >= 0.3 is 24.1 Å². The topological polar surface area (TPSA) is 119 Å². The van der Waals surface area contributed by atoms with E-state index in [-0.39, 0.29) is 27.1 Å². The van der Waals surface area contributed by atoms with Crippen LogP contribution in [0.2, 0.25) is 15.1 Å². The van der Waals surface area contributed by atoms with E-state index in [2.05, 4.69) is 0 Å². The minimum atomic E-state index is -4.56. The van der Waals surface area contributed by atoms with Crippen LogP contribution in [0.5, 0.6) is 17.2 Å². The lowest BCUT2D eigenvalue weighted by atomic mass is 10.2. The molecule has 0 amide bonds. The first-order valence-corrected chi connectivity index (χ1v) is 12.6. The van der Waals surface area contributed by atoms with Crippen LogP contribution in [0.3, 0.4) is 0 Å². The summed E-state index contributed by atoms with van der Waals surface area (Å²) in [5.74, 6) is -2.83. The third-order valence-electron chi connectivity index (χ3n) is 5.06. The Balaban J connectivity index is 0.000000353. The highest BCUT2D eigenvalue weighted by Crippen LogP contribution is 2.37. The van der Waals surface area contributed by atoms with Crippen molar-refractivity contribution in [3.05, 3.63) is 86.4 Å². The normalized spacial score (nSPS) is 12.3. The second kappa shape index (κ2) is 14.3. The molecule has 0 bridgehead atoms. The second-order valence-electron chi connectivity index (χ2n) is 8.28. The molecule has 0 saturated heterocycles. The number of rotatable bonds is 8. The van der Waals surface area contributed by atoms with Gasteiger partial charge in [0.25, 0.3) is 0 Å². The van der Waals surface area contributed by atoms with Crippen LogP contribution in [0.25, 0.3) is 0 Å². The summed E-state index contributed by atoms with van der Waals surface area (Å²) in [6.45, 7) is 4.46. The lowest BCUT2D eigenvalue weighted by Gasteiger charge is -2.13. The first kappa shape index (κ1) is 33.5. The number of hydrogen-bond acceptors (Lipinski definition) is 6. The molecule has 3 aromatic rings. The van der Waals surface area contributed by atoms with Gasteiger partial charge in [0.2, 0.25) is 0 Å². The molecule has 0 aliphatic carbocycles. The van der Waals surface area contributed by atoms with Crippen LogP contribution in [0.1, 0.15) is 35.3 Å². The van der Waals surface area contributed by atoms with Gasteiger partial charge in [0.05, 0.1) is 21.2 Å². The fraction of sp³-hybridized carbons (Fsp3) is 0.222. The highest BCUT2D eigenvalue weighted by Gasteiger charge is 2.31. The number of esters is 1. The molecule has 1 unspecified atom stereocenters. The van der Waals surface area contributed by atoms with Gasteiger partial charge in [-0.3, -0.25) is 0 Å². The minimum Gasteiger partial charge on any atom is -0.479 e. The smallest absolute Gasteiger partial charge is 0.416 e. The minimum absolute atomic E-state index is 0.0246. The molecule has 2 N–H and O–H groups in total. The van der Waals surface area contributed by atoms with Crippen molar-refractivity contribution in [2.24, 2.45) is 0 Å². The van der Waals surface area contributed by atoms with Gasteiger partial charge < -0.3 is 24.4 Å². The van der Waals surface area contributed by atoms with E-state index in [1.165, 1.54) is 19.1 Å². The van der Waals surface area contributed by atoms with Crippen LogP contribution in [0.4, 0.5) is 13.2 Å². The van der Waals surface area contributed by atoms with Crippen molar-refractivity contribution in [1.29, 1.82) is 0 Å². The molecule has 0 heterocycles. The van der Waals surface area contributed by atoms with E-state index >= 15 is 0 Å². The van der Waals surface area contributed by atoms with Crippen molar-refractivity contribution in [3.63, 3.8) is 0 Å².